The molecule has 33 heavy (non-hydrogen) atoms. The molecule has 1 N–H and O–H groups in total. The van der Waals surface area contributed by atoms with Crippen molar-refractivity contribution >= 4 is 22.7 Å². The van der Waals surface area contributed by atoms with Crippen LogP contribution in [0.1, 0.15) is 50.4 Å². The van der Waals surface area contributed by atoms with Crippen LogP contribution in [0.25, 0.3) is 22.2 Å². The summed E-state index contributed by atoms with van der Waals surface area (Å²) < 4.78 is 18.3. The molecule has 0 aliphatic rings. The fraction of sp³-hybridized carbons (Fsp3) is 0.321. The van der Waals surface area contributed by atoms with Gasteiger partial charge in [-0.2, -0.15) is 0 Å². The van der Waals surface area contributed by atoms with Crippen LogP contribution in [0.15, 0.2) is 65.7 Å². The highest BCUT2D eigenvalue weighted by Gasteiger charge is 2.23. The van der Waals surface area contributed by atoms with Gasteiger partial charge < -0.3 is 9.72 Å². The first-order valence-corrected chi connectivity index (χ1v) is 12.1. The molecular formula is C28H31FN2OS. The largest absolute Gasteiger partial charge is 0.497 e. The monoisotopic (exact) mass is 462 g/mol. The maximum Gasteiger partial charge on any atom is 0.119 e. The maximum atomic E-state index is 12.7. The zero-order valence-corrected chi connectivity index (χ0v) is 20.7. The lowest BCUT2D eigenvalue weighted by molar-refractivity contribution is 0.415. The minimum absolute atomic E-state index is 0.0962. The van der Waals surface area contributed by atoms with Gasteiger partial charge >= 0.3 is 0 Å². The summed E-state index contributed by atoms with van der Waals surface area (Å²) in [6.07, 6.45) is 2.53. The number of aromatic nitrogens is 2. The van der Waals surface area contributed by atoms with Gasteiger partial charge in [-0.1, -0.05) is 58.0 Å². The van der Waals surface area contributed by atoms with Crippen molar-refractivity contribution in [2.24, 2.45) is 0 Å². The van der Waals surface area contributed by atoms with E-state index in [0.717, 1.165) is 28.9 Å². The van der Waals surface area contributed by atoms with Crippen LogP contribution in [-0.2, 0) is 13.1 Å². The van der Waals surface area contributed by atoms with E-state index in [9.17, 15) is 4.39 Å². The predicted molar refractivity (Wildman–Crippen MR) is 137 cm³/mol. The van der Waals surface area contributed by atoms with Crippen LogP contribution >= 0.6 is 11.8 Å². The van der Waals surface area contributed by atoms with E-state index < -0.39 is 6.67 Å². The van der Waals surface area contributed by atoms with Gasteiger partial charge in [0, 0.05) is 49.5 Å². The van der Waals surface area contributed by atoms with E-state index in [1.807, 2.05) is 23.9 Å². The normalized spacial score (nSPS) is 12.8. The molecule has 4 aromatic rings. The lowest BCUT2D eigenvalue weighted by Crippen LogP contribution is -2.08. The van der Waals surface area contributed by atoms with E-state index in [1.165, 1.54) is 21.5 Å². The molecule has 5 heteroatoms. The third kappa shape index (κ3) is 5.41. The van der Waals surface area contributed by atoms with Crippen molar-refractivity contribution in [3.63, 3.8) is 0 Å². The molecule has 1 atom stereocenters. The summed E-state index contributed by atoms with van der Waals surface area (Å²) in [5, 5.41) is 1.22. The molecule has 0 fully saturated rings. The van der Waals surface area contributed by atoms with Crippen LogP contribution in [0.4, 0.5) is 4.39 Å². The fourth-order valence-electron chi connectivity index (χ4n) is 4.00. The van der Waals surface area contributed by atoms with E-state index in [-0.39, 0.29) is 4.75 Å². The van der Waals surface area contributed by atoms with Gasteiger partial charge in [0.1, 0.15) is 12.4 Å². The van der Waals surface area contributed by atoms with Gasteiger partial charge in [-0.15, -0.1) is 11.8 Å². The Morgan fingerprint density at radius 3 is 2.36 bits per heavy atom. The molecule has 4 rings (SSSR count). The number of halogens is 1. The van der Waals surface area contributed by atoms with Gasteiger partial charge in [0.2, 0.25) is 0 Å². The lowest BCUT2D eigenvalue weighted by atomic mass is 9.96. The number of hydrogen-bond donors (Lipinski definition) is 1. The number of aromatic amines is 1. The third-order valence-electron chi connectivity index (χ3n) is 5.66. The summed E-state index contributed by atoms with van der Waals surface area (Å²) >= 11 is 1.90. The van der Waals surface area contributed by atoms with E-state index in [4.69, 9.17) is 4.74 Å². The van der Waals surface area contributed by atoms with E-state index >= 15 is 0 Å². The van der Waals surface area contributed by atoms with Gasteiger partial charge in [0.25, 0.3) is 0 Å². The summed E-state index contributed by atoms with van der Waals surface area (Å²) in [7, 11) is 1.71. The number of methoxy groups -OCH3 is 1. The lowest BCUT2D eigenvalue weighted by Gasteiger charge is -2.20. The Labute approximate surface area is 199 Å². The van der Waals surface area contributed by atoms with E-state index in [2.05, 4.69) is 74.1 Å². The molecule has 0 radical (unpaired) electrons. The second-order valence-corrected chi connectivity index (χ2v) is 11.3. The zero-order valence-electron chi connectivity index (χ0n) is 19.9. The molecule has 2 aromatic heterocycles. The first-order chi connectivity index (χ1) is 15.8. The van der Waals surface area contributed by atoms with E-state index in [1.54, 1.807) is 19.4 Å². The van der Waals surface area contributed by atoms with Crippen LogP contribution in [0, 0.1) is 0 Å². The predicted octanol–water partition coefficient (Wildman–Crippen LogP) is 7.94. The number of rotatable bonds is 7. The molecule has 3 nitrogen and oxygen atoms in total. The standard InChI is InChI=1S/C28H31FN2OS/c1-18(14-19-6-9-21(10-7-19)24-12-8-20(16-29)17-30-24)26-27(33-28(2,3)4)23-15-22(32-5)11-13-25(23)31-26/h6-13,15,17-18,31H,14,16H2,1-5H3. The van der Waals surface area contributed by atoms with Crippen molar-refractivity contribution in [2.45, 2.75) is 56.4 Å². The number of thioether (sulfide) groups is 1. The molecule has 0 saturated carbocycles. The van der Waals surface area contributed by atoms with Gasteiger partial charge in [-0.05, 0) is 36.2 Å². The SMILES string of the molecule is COc1ccc2[nH]c(C(C)Cc3ccc(-c4ccc(CF)cn4)cc3)c(SC(C)(C)C)c2c1. The second kappa shape index (κ2) is 9.60. The number of benzene rings is 2. The Morgan fingerprint density at radius 2 is 1.76 bits per heavy atom. The molecule has 0 bridgehead atoms. The number of nitrogens with zero attached hydrogens (tertiary/aromatic N) is 1. The van der Waals surface area contributed by atoms with Crippen molar-refractivity contribution in [1.29, 1.82) is 0 Å². The highest BCUT2D eigenvalue weighted by atomic mass is 32.2. The number of fused-ring (bicyclic) bond motifs is 1. The van der Waals surface area contributed by atoms with Crippen LogP contribution in [0.5, 0.6) is 5.75 Å². The summed E-state index contributed by atoms with van der Waals surface area (Å²) in [5.74, 6) is 1.20. The van der Waals surface area contributed by atoms with Gasteiger partial charge in [-0.3, -0.25) is 4.98 Å². The molecule has 0 aliphatic heterocycles. The molecule has 2 aromatic carbocycles. The van der Waals surface area contributed by atoms with Crippen LogP contribution in [0.2, 0.25) is 0 Å². The van der Waals surface area contributed by atoms with Crippen LogP contribution in [-0.4, -0.2) is 21.8 Å². The van der Waals surface area contributed by atoms with Crippen LogP contribution < -0.4 is 4.74 Å². The smallest absolute Gasteiger partial charge is 0.119 e. The summed E-state index contributed by atoms with van der Waals surface area (Å²) in [5.41, 5.74) is 6.19. The minimum Gasteiger partial charge on any atom is -0.497 e. The Balaban J connectivity index is 1.60. The molecule has 0 saturated heterocycles. The Hall–Kier alpha value is -2.79. The van der Waals surface area contributed by atoms with Gasteiger partial charge in [-0.25, -0.2) is 4.39 Å². The van der Waals surface area contributed by atoms with Crippen molar-refractivity contribution in [2.75, 3.05) is 7.11 Å². The third-order valence-corrected chi connectivity index (χ3v) is 6.91. The molecule has 172 valence electrons. The number of H-pyrrole nitrogens is 1. The van der Waals surface area contributed by atoms with Crippen molar-refractivity contribution in [1.82, 2.24) is 9.97 Å². The maximum absolute atomic E-state index is 12.7. The Morgan fingerprint density at radius 1 is 1.03 bits per heavy atom. The molecular weight excluding hydrogens is 431 g/mol. The molecule has 0 aliphatic carbocycles. The molecule has 0 amide bonds. The van der Waals surface area contributed by atoms with Crippen molar-refractivity contribution in [3.05, 3.63) is 77.6 Å². The van der Waals surface area contributed by atoms with Crippen molar-refractivity contribution in [3.8, 4) is 17.0 Å². The molecule has 2 heterocycles. The average Bonchev–Trinajstić information content (AvgIpc) is 3.15. The number of nitrogens with one attached hydrogen (secondary N) is 1. The first-order valence-electron chi connectivity index (χ1n) is 11.3. The summed E-state index contributed by atoms with van der Waals surface area (Å²) in [6, 6.07) is 18.4. The topological polar surface area (TPSA) is 37.9 Å². The first kappa shape index (κ1) is 23.4. The molecule has 0 spiro atoms. The highest BCUT2D eigenvalue weighted by molar-refractivity contribution is 8.00. The minimum atomic E-state index is -0.486. The number of alkyl halides is 1. The van der Waals surface area contributed by atoms with Gasteiger partial charge in [0.05, 0.1) is 12.8 Å². The highest BCUT2D eigenvalue weighted by Crippen LogP contribution is 2.43. The van der Waals surface area contributed by atoms with Gasteiger partial charge in [0.15, 0.2) is 0 Å². The molecule has 1 unspecified atom stereocenters. The average molecular weight is 463 g/mol. The van der Waals surface area contributed by atoms with E-state index in [0.29, 0.717) is 11.5 Å². The number of pyridine rings is 1. The zero-order chi connectivity index (χ0) is 23.6. The fourth-order valence-corrected chi connectivity index (χ4v) is 5.25. The quantitative estimate of drug-likeness (QED) is 0.283. The summed E-state index contributed by atoms with van der Waals surface area (Å²) in [6.45, 7) is 8.54. The van der Waals surface area contributed by atoms with Crippen LogP contribution in [0.3, 0.4) is 0 Å². The summed E-state index contributed by atoms with van der Waals surface area (Å²) in [4.78, 5) is 9.38. The number of ether oxygens (including phenoxy) is 1. The Bertz CT molecular complexity index is 1220. The van der Waals surface area contributed by atoms with Crippen molar-refractivity contribution < 1.29 is 9.13 Å². The number of hydrogen-bond acceptors (Lipinski definition) is 3. The Kier molecular flexibility index (Phi) is 6.80. The second-order valence-electron chi connectivity index (χ2n) is 9.48.